The standard InChI is InChI=1S/C21H23N3O2/c1-4-20(25)24-9-5-6-17-12-18(7-8-19(17)24)21(26)22-13-16-10-14(2)23-15(3)11-16/h4,7-8,10-12H,1,5-6,9,13H2,2-3H3,(H,22,26). The first-order valence-electron chi connectivity index (χ1n) is 8.77. The fraction of sp³-hybridized carbons (Fsp3) is 0.286. The highest BCUT2D eigenvalue weighted by molar-refractivity contribution is 6.02. The van der Waals surface area contributed by atoms with Gasteiger partial charge in [-0.1, -0.05) is 6.58 Å². The van der Waals surface area contributed by atoms with E-state index in [1.165, 1.54) is 6.08 Å². The molecule has 0 bridgehead atoms. The highest BCUT2D eigenvalue weighted by Crippen LogP contribution is 2.28. The number of fused-ring (bicyclic) bond motifs is 1. The highest BCUT2D eigenvalue weighted by Gasteiger charge is 2.21. The van der Waals surface area contributed by atoms with Crippen LogP contribution in [0.3, 0.4) is 0 Å². The molecule has 0 spiro atoms. The molecule has 1 aromatic heterocycles. The number of amides is 2. The predicted octanol–water partition coefficient (Wildman–Crippen LogP) is 3.09. The first-order chi connectivity index (χ1) is 12.5. The maximum absolute atomic E-state index is 12.5. The summed E-state index contributed by atoms with van der Waals surface area (Å²) < 4.78 is 0. The van der Waals surface area contributed by atoms with Gasteiger partial charge in [0, 0.05) is 35.7 Å². The summed E-state index contributed by atoms with van der Waals surface area (Å²) >= 11 is 0. The van der Waals surface area contributed by atoms with Gasteiger partial charge in [0.25, 0.3) is 5.91 Å². The third-order valence-corrected chi connectivity index (χ3v) is 4.50. The van der Waals surface area contributed by atoms with Gasteiger partial charge < -0.3 is 10.2 Å². The topological polar surface area (TPSA) is 62.3 Å². The molecule has 0 unspecified atom stereocenters. The molecular weight excluding hydrogens is 326 g/mol. The van der Waals surface area contributed by atoms with Crippen molar-refractivity contribution in [2.75, 3.05) is 11.4 Å². The lowest BCUT2D eigenvalue weighted by atomic mass is 9.98. The van der Waals surface area contributed by atoms with E-state index in [0.717, 1.165) is 41.0 Å². The van der Waals surface area contributed by atoms with E-state index in [1.807, 2.05) is 38.1 Å². The Kier molecular flexibility index (Phi) is 5.16. The Morgan fingerprint density at radius 1 is 1.23 bits per heavy atom. The van der Waals surface area contributed by atoms with Crippen LogP contribution in [-0.4, -0.2) is 23.3 Å². The van der Waals surface area contributed by atoms with Crippen molar-refractivity contribution in [2.45, 2.75) is 33.2 Å². The van der Waals surface area contributed by atoms with E-state index in [-0.39, 0.29) is 11.8 Å². The Balaban J connectivity index is 1.74. The number of rotatable bonds is 4. The zero-order valence-corrected chi connectivity index (χ0v) is 15.2. The molecule has 1 aliphatic rings. The van der Waals surface area contributed by atoms with Crippen molar-refractivity contribution >= 4 is 17.5 Å². The van der Waals surface area contributed by atoms with Gasteiger partial charge in [0.15, 0.2) is 0 Å². The summed E-state index contributed by atoms with van der Waals surface area (Å²) in [7, 11) is 0. The van der Waals surface area contributed by atoms with Crippen molar-refractivity contribution < 1.29 is 9.59 Å². The number of aryl methyl sites for hydroxylation is 3. The van der Waals surface area contributed by atoms with Crippen LogP contribution in [0.1, 0.15) is 39.3 Å². The van der Waals surface area contributed by atoms with Crippen LogP contribution in [0.5, 0.6) is 0 Å². The number of nitrogens with zero attached hydrogens (tertiary/aromatic N) is 2. The quantitative estimate of drug-likeness (QED) is 0.863. The van der Waals surface area contributed by atoms with E-state index in [2.05, 4.69) is 16.9 Å². The lowest BCUT2D eigenvalue weighted by molar-refractivity contribution is -0.114. The van der Waals surface area contributed by atoms with Gasteiger partial charge in [0.2, 0.25) is 5.91 Å². The molecule has 0 saturated carbocycles. The molecule has 0 aliphatic carbocycles. The average Bonchev–Trinajstić information content (AvgIpc) is 2.63. The van der Waals surface area contributed by atoms with Crippen LogP contribution in [0.15, 0.2) is 43.0 Å². The average molecular weight is 349 g/mol. The zero-order valence-electron chi connectivity index (χ0n) is 15.2. The largest absolute Gasteiger partial charge is 0.348 e. The van der Waals surface area contributed by atoms with E-state index < -0.39 is 0 Å². The van der Waals surface area contributed by atoms with Gasteiger partial charge in [-0.2, -0.15) is 0 Å². The molecule has 2 aromatic rings. The van der Waals surface area contributed by atoms with Gasteiger partial charge in [-0.15, -0.1) is 0 Å². The molecule has 26 heavy (non-hydrogen) atoms. The Morgan fingerprint density at radius 3 is 2.65 bits per heavy atom. The molecule has 134 valence electrons. The van der Waals surface area contributed by atoms with Gasteiger partial charge in [0.1, 0.15) is 0 Å². The minimum Gasteiger partial charge on any atom is -0.348 e. The van der Waals surface area contributed by atoms with E-state index in [9.17, 15) is 9.59 Å². The minimum absolute atomic E-state index is 0.105. The van der Waals surface area contributed by atoms with Gasteiger partial charge in [-0.3, -0.25) is 14.6 Å². The van der Waals surface area contributed by atoms with Crippen molar-refractivity contribution in [1.82, 2.24) is 10.3 Å². The summed E-state index contributed by atoms with van der Waals surface area (Å²) in [5.41, 5.74) is 5.42. The number of hydrogen-bond donors (Lipinski definition) is 1. The monoisotopic (exact) mass is 349 g/mol. The summed E-state index contributed by atoms with van der Waals surface area (Å²) in [4.78, 5) is 30.6. The molecule has 0 atom stereocenters. The third kappa shape index (κ3) is 3.82. The maximum atomic E-state index is 12.5. The number of aromatic nitrogens is 1. The number of carbonyl (C=O) groups excluding carboxylic acids is 2. The Hall–Kier alpha value is -2.95. The van der Waals surface area contributed by atoms with Crippen molar-refractivity contribution in [1.29, 1.82) is 0 Å². The predicted molar refractivity (Wildman–Crippen MR) is 102 cm³/mol. The van der Waals surface area contributed by atoms with E-state index in [4.69, 9.17) is 0 Å². The van der Waals surface area contributed by atoms with E-state index >= 15 is 0 Å². The van der Waals surface area contributed by atoms with Crippen LogP contribution in [0, 0.1) is 13.8 Å². The third-order valence-electron chi connectivity index (χ3n) is 4.50. The lowest BCUT2D eigenvalue weighted by Gasteiger charge is -2.28. The Bertz CT molecular complexity index is 853. The smallest absolute Gasteiger partial charge is 0.251 e. The molecule has 1 aliphatic heterocycles. The second-order valence-electron chi connectivity index (χ2n) is 6.58. The van der Waals surface area contributed by atoms with Crippen LogP contribution < -0.4 is 10.2 Å². The minimum atomic E-state index is -0.118. The Morgan fingerprint density at radius 2 is 1.96 bits per heavy atom. The number of hydrogen-bond acceptors (Lipinski definition) is 3. The second kappa shape index (κ2) is 7.52. The van der Waals surface area contributed by atoms with E-state index in [0.29, 0.717) is 18.7 Å². The van der Waals surface area contributed by atoms with Crippen LogP contribution in [-0.2, 0) is 17.8 Å². The van der Waals surface area contributed by atoms with Crippen molar-refractivity contribution in [3.63, 3.8) is 0 Å². The molecule has 5 nitrogen and oxygen atoms in total. The number of anilines is 1. The zero-order chi connectivity index (χ0) is 18.7. The van der Waals surface area contributed by atoms with Gasteiger partial charge >= 0.3 is 0 Å². The first kappa shape index (κ1) is 17.9. The van der Waals surface area contributed by atoms with Crippen LogP contribution in [0.2, 0.25) is 0 Å². The first-order valence-corrected chi connectivity index (χ1v) is 8.77. The summed E-state index contributed by atoms with van der Waals surface area (Å²) in [6.07, 6.45) is 3.07. The number of carbonyl (C=O) groups is 2. The van der Waals surface area contributed by atoms with E-state index in [1.54, 1.807) is 11.0 Å². The second-order valence-corrected chi connectivity index (χ2v) is 6.58. The summed E-state index contributed by atoms with van der Waals surface area (Å²) in [5, 5.41) is 2.96. The Labute approximate surface area is 153 Å². The fourth-order valence-electron chi connectivity index (χ4n) is 3.38. The summed E-state index contributed by atoms with van der Waals surface area (Å²) in [6.45, 7) is 8.59. The summed E-state index contributed by atoms with van der Waals surface area (Å²) in [6, 6.07) is 9.45. The molecule has 2 amide bonds. The number of benzene rings is 1. The van der Waals surface area contributed by atoms with Gasteiger partial charge in [-0.05, 0) is 74.2 Å². The molecule has 3 rings (SSSR count). The van der Waals surface area contributed by atoms with Crippen molar-refractivity contribution in [2.24, 2.45) is 0 Å². The SMILES string of the molecule is C=CC(=O)N1CCCc2cc(C(=O)NCc3cc(C)nc(C)c3)ccc21. The highest BCUT2D eigenvalue weighted by atomic mass is 16.2. The maximum Gasteiger partial charge on any atom is 0.251 e. The van der Waals surface area contributed by atoms with Crippen LogP contribution >= 0.6 is 0 Å². The normalized spacial score (nSPS) is 13.1. The molecular formula is C21H23N3O2. The number of pyridine rings is 1. The molecule has 0 saturated heterocycles. The molecule has 1 N–H and O–H groups in total. The molecule has 0 radical (unpaired) electrons. The van der Waals surface area contributed by atoms with Crippen LogP contribution in [0.25, 0.3) is 0 Å². The molecule has 1 aromatic carbocycles. The fourth-order valence-corrected chi connectivity index (χ4v) is 3.38. The number of nitrogens with one attached hydrogen (secondary N) is 1. The van der Waals surface area contributed by atoms with Crippen molar-refractivity contribution in [3.05, 3.63) is 71.1 Å². The van der Waals surface area contributed by atoms with Gasteiger partial charge in [-0.25, -0.2) is 0 Å². The molecule has 5 heteroatoms. The lowest BCUT2D eigenvalue weighted by Crippen LogP contribution is -2.34. The summed E-state index contributed by atoms with van der Waals surface area (Å²) in [5.74, 6) is -0.223. The van der Waals surface area contributed by atoms with Gasteiger partial charge in [0.05, 0.1) is 0 Å². The molecule has 2 heterocycles. The molecule has 0 fully saturated rings. The van der Waals surface area contributed by atoms with Crippen molar-refractivity contribution in [3.8, 4) is 0 Å². The van der Waals surface area contributed by atoms with Crippen LogP contribution in [0.4, 0.5) is 5.69 Å².